The summed E-state index contributed by atoms with van der Waals surface area (Å²) in [6.07, 6.45) is 4.42. The number of aromatic nitrogens is 4. The fourth-order valence-electron chi connectivity index (χ4n) is 3.91. The fourth-order valence-corrected chi connectivity index (χ4v) is 4.80. The molecule has 5 nitrogen and oxygen atoms in total. The van der Waals surface area contributed by atoms with Gasteiger partial charge >= 0.3 is 0 Å². The molecule has 2 heterocycles. The molecule has 0 spiro atoms. The summed E-state index contributed by atoms with van der Waals surface area (Å²) in [5.74, 6) is 1.22. The molecule has 0 N–H and O–H groups in total. The maximum atomic E-state index is 12.9. The second-order valence-corrected chi connectivity index (χ2v) is 8.15. The molecule has 1 aliphatic carbocycles. The van der Waals surface area contributed by atoms with E-state index in [1.165, 1.54) is 34.0 Å². The summed E-state index contributed by atoms with van der Waals surface area (Å²) in [5, 5.41) is 9.41. The molecule has 148 valence electrons. The molecule has 0 bridgehead atoms. The van der Waals surface area contributed by atoms with Gasteiger partial charge in [-0.15, -0.1) is 10.2 Å². The van der Waals surface area contributed by atoms with Crippen LogP contribution in [0.25, 0.3) is 22.5 Å². The van der Waals surface area contributed by atoms with Crippen LogP contribution in [0.3, 0.4) is 0 Å². The van der Waals surface area contributed by atoms with E-state index in [0.717, 1.165) is 35.1 Å². The summed E-state index contributed by atoms with van der Waals surface area (Å²) >= 11 is 1.43. The molecule has 0 radical (unpaired) electrons. The summed E-state index contributed by atoms with van der Waals surface area (Å²) in [6.45, 7) is 2.79. The molecule has 30 heavy (non-hydrogen) atoms. The Bertz CT molecular complexity index is 1230. The number of rotatable bonds is 6. The van der Waals surface area contributed by atoms with Crippen LogP contribution < -0.4 is 0 Å². The third kappa shape index (κ3) is 3.33. The van der Waals surface area contributed by atoms with Gasteiger partial charge in [0.2, 0.25) is 0 Å². The van der Waals surface area contributed by atoms with Crippen molar-refractivity contribution in [3.63, 3.8) is 0 Å². The minimum atomic E-state index is 0.100. The van der Waals surface area contributed by atoms with Gasteiger partial charge in [0.25, 0.3) is 0 Å². The van der Waals surface area contributed by atoms with Crippen LogP contribution in [0.4, 0.5) is 0 Å². The first-order valence-corrected chi connectivity index (χ1v) is 10.9. The van der Waals surface area contributed by atoms with Crippen molar-refractivity contribution in [1.82, 2.24) is 19.7 Å². The number of carbonyl (C=O) groups excluding carboxylic acids is 1. The number of hydrogen-bond donors (Lipinski definition) is 0. The third-order valence-electron chi connectivity index (χ3n) is 5.42. The Morgan fingerprint density at radius 2 is 1.80 bits per heavy atom. The average molecular weight is 413 g/mol. The molecule has 0 unspecified atom stereocenters. The van der Waals surface area contributed by atoms with E-state index >= 15 is 0 Å². The number of fused-ring (bicyclic) bond motifs is 3. The molecule has 0 fully saturated rings. The molecule has 0 saturated carbocycles. The summed E-state index contributed by atoms with van der Waals surface area (Å²) in [4.78, 5) is 17.0. The molecule has 0 saturated heterocycles. The van der Waals surface area contributed by atoms with E-state index in [9.17, 15) is 4.79 Å². The predicted octanol–water partition coefficient (Wildman–Crippen LogP) is 4.91. The van der Waals surface area contributed by atoms with Crippen molar-refractivity contribution < 1.29 is 4.79 Å². The summed E-state index contributed by atoms with van der Waals surface area (Å²) in [5.41, 5.74) is 6.74. The van der Waals surface area contributed by atoms with Gasteiger partial charge < -0.3 is 4.57 Å². The molecular weight excluding hydrogens is 392 g/mol. The molecule has 5 rings (SSSR count). The van der Waals surface area contributed by atoms with E-state index in [0.29, 0.717) is 5.75 Å². The molecule has 6 heteroatoms. The number of carbonyl (C=O) groups is 1. The lowest BCUT2D eigenvalue weighted by atomic mass is 10.0. The van der Waals surface area contributed by atoms with Crippen LogP contribution in [0.2, 0.25) is 0 Å². The van der Waals surface area contributed by atoms with Crippen LogP contribution >= 0.6 is 11.8 Å². The average Bonchev–Trinajstić information content (AvgIpc) is 3.38. The van der Waals surface area contributed by atoms with Crippen LogP contribution in [0, 0.1) is 0 Å². The Hall–Kier alpha value is -3.25. The Morgan fingerprint density at radius 3 is 2.63 bits per heavy atom. The van der Waals surface area contributed by atoms with Crippen LogP contribution in [0.5, 0.6) is 0 Å². The first-order valence-electron chi connectivity index (χ1n) is 9.95. The zero-order valence-electron chi connectivity index (χ0n) is 16.6. The Morgan fingerprint density at radius 1 is 1.00 bits per heavy atom. The number of ketones is 1. The zero-order chi connectivity index (χ0) is 20.5. The molecule has 0 amide bonds. The number of pyridine rings is 1. The van der Waals surface area contributed by atoms with E-state index in [-0.39, 0.29) is 5.78 Å². The minimum Gasteiger partial charge on any atom is -0.302 e. The lowest BCUT2D eigenvalue weighted by molar-refractivity contribution is 0.102. The normalized spacial score (nSPS) is 11.9. The molecule has 4 aromatic rings. The zero-order valence-corrected chi connectivity index (χ0v) is 17.4. The Kier molecular flexibility index (Phi) is 4.93. The third-order valence-corrected chi connectivity index (χ3v) is 6.39. The van der Waals surface area contributed by atoms with Gasteiger partial charge in [0, 0.05) is 30.1 Å². The highest BCUT2D eigenvalue weighted by Gasteiger charge is 2.20. The van der Waals surface area contributed by atoms with E-state index in [2.05, 4.69) is 52.4 Å². The number of Topliss-reactive ketones (excluding diaryl/α,β-unsaturated/α-hetero) is 1. The number of nitrogens with zero attached hydrogens (tertiary/aromatic N) is 4. The Balaban J connectivity index is 1.35. The molecule has 2 aromatic carbocycles. The summed E-state index contributed by atoms with van der Waals surface area (Å²) < 4.78 is 2.03. The van der Waals surface area contributed by atoms with E-state index in [4.69, 9.17) is 0 Å². The quantitative estimate of drug-likeness (QED) is 0.293. The molecular formula is C24H20N4OS. The second-order valence-electron chi connectivity index (χ2n) is 7.20. The van der Waals surface area contributed by atoms with E-state index in [1.807, 2.05) is 28.8 Å². The fraction of sp³-hybridized carbons (Fsp3) is 0.167. The van der Waals surface area contributed by atoms with Crippen LogP contribution in [-0.2, 0) is 13.0 Å². The van der Waals surface area contributed by atoms with Gasteiger partial charge in [0.1, 0.15) is 0 Å². The molecule has 0 atom stereocenters. The van der Waals surface area contributed by atoms with E-state index < -0.39 is 0 Å². The van der Waals surface area contributed by atoms with Gasteiger partial charge in [-0.2, -0.15) is 0 Å². The number of benzene rings is 2. The van der Waals surface area contributed by atoms with Crippen LogP contribution in [0.1, 0.15) is 28.4 Å². The largest absolute Gasteiger partial charge is 0.302 e. The SMILES string of the molecule is CCn1c(SCC(=O)c2ccc3c(c2)-c2ccccc2C3)nnc1-c1ccncc1. The summed E-state index contributed by atoms with van der Waals surface area (Å²) in [6, 6.07) is 18.3. The van der Waals surface area contributed by atoms with Gasteiger partial charge in [-0.25, -0.2) is 0 Å². The number of hydrogen-bond acceptors (Lipinski definition) is 5. The molecule has 1 aliphatic rings. The first-order chi connectivity index (χ1) is 14.7. The Labute approximate surface area is 179 Å². The maximum absolute atomic E-state index is 12.9. The highest BCUT2D eigenvalue weighted by Crippen LogP contribution is 2.37. The van der Waals surface area contributed by atoms with Crippen molar-refractivity contribution >= 4 is 17.5 Å². The number of thioether (sulfide) groups is 1. The standard InChI is InChI=1S/C24H20N4OS/c1-2-28-23(16-9-11-25-12-10-16)26-27-24(28)30-15-22(29)19-8-7-18-13-17-5-3-4-6-20(17)21(18)14-19/h3-12,14H,2,13,15H2,1H3. The van der Waals surface area contributed by atoms with Gasteiger partial charge in [0.05, 0.1) is 5.75 Å². The van der Waals surface area contributed by atoms with Crippen LogP contribution in [0.15, 0.2) is 72.1 Å². The van der Waals surface area contributed by atoms with Gasteiger partial charge in [-0.05, 0) is 53.8 Å². The van der Waals surface area contributed by atoms with Crippen molar-refractivity contribution in [3.05, 3.63) is 83.7 Å². The van der Waals surface area contributed by atoms with Gasteiger partial charge in [-0.1, -0.05) is 48.2 Å². The minimum absolute atomic E-state index is 0.100. The topological polar surface area (TPSA) is 60.7 Å². The molecule has 0 aliphatic heterocycles. The van der Waals surface area contributed by atoms with Crippen molar-refractivity contribution in [1.29, 1.82) is 0 Å². The van der Waals surface area contributed by atoms with E-state index in [1.54, 1.807) is 12.4 Å². The maximum Gasteiger partial charge on any atom is 0.191 e. The van der Waals surface area contributed by atoms with Crippen molar-refractivity contribution in [2.45, 2.75) is 25.0 Å². The highest BCUT2D eigenvalue weighted by molar-refractivity contribution is 7.99. The van der Waals surface area contributed by atoms with Crippen LogP contribution in [-0.4, -0.2) is 31.3 Å². The monoisotopic (exact) mass is 412 g/mol. The first kappa shape index (κ1) is 18.8. The predicted molar refractivity (Wildman–Crippen MR) is 119 cm³/mol. The molecule has 2 aromatic heterocycles. The van der Waals surface area contributed by atoms with Gasteiger partial charge in [-0.3, -0.25) is 9.78 Å². The van der Waals surface area contributed by atoms with Gasteiger partial charge in [0.15, 0.2) is 16.8 Å². The van der Waals surface area contributed by atoms with Crippen molar-refractivity contribution in [3.8, 4) is 22.5 Å². The smallest absolute Gasteiger partial charge is 0.191 e. The van der Waals surface area contributed by atoms with Crippen molar-refractivity contribution in [2.75, 3.05) is 5.75 Å². The lowest BCUT2D eigenvalue weighted by Crippen LogP contribution is -2.05. The summed E-state index contributed by atoms with van der Waals surface area (Å²) in [7, 11) is 0. The van der Waals surface area contributed by atoms with Crippen molar-refractivity contribution in [2.24, 2.45) is 0 Å². The lowest BCUT2D eigenvalue weighted by Gasteiger charge is -2.08. The highest BCUT2D eigenvalue weighted by atomic mass is 32.2. The second kappa shape index (κ2) is 7.88.